The van der Waals surface area contributed by atoms with Crippen LogP contribution in [-0.2, 0) is 4.74 Å². The summed E-state index contributed by atoms with van der Waals surface area (Å²) in [6.07, 6.45) is 2.34. The Bertz CT molecular complexity index is 91.9. The van der Waals surface area contributed by atoms with Gasteiger partial charge in [0, 0.05) is 13.2 Å². The van der Waals surface area contributed by atoms with Crippen molar-refractivity contribution in [2.75, 3.05) is 26.8 Å². The quantitative estimate of drug-likeness (QED) is 0.576. The van der Waals surface area contributed by atoms with Gasteiger partial charge in [0.15, 0.2) is 0 Å². The van der Waals surface area contributed by atoms with Crippen LogP contribution >= 0.6 is 0 Å². The third-order valence-electron chi connectivity index (χ3n) is 2.24. The molecular weight excluding hydrogens is 126 g/mol. The van der Waals surface area contributed by atoms with Crippen molar-refractivity contribution >= 4 is 0 Å². The molecule has 0 atom stereocenters. The van der Waals surface area contributed by atoms with Crippen LogP contribution < -0.4 is 0 Å². The molecule has 0 radical (unpaired) electrons. The number of rotatable bonds is 2. The highest BCUT2D eigenvalue weighted by Gasteiger charge is 2.22. The molecule has 1 heterocycles. The van der Waals surface area contributed by atoms with Gasteiger partial charge in [-0.05, 0) is 18.3 Å². The van der Waals surface area contributed by atoms with E-state index in [1.807, 2.05) is 7.05 Å². The molecule has 0 unspecified atom stereocenters. The highest BCUT2D eigenvalue weighted by atomic mass is 16.5. The molecule has 1 saturated heterocycles. The van der Waals surface area contributed by atoms with Crippen LogP contribution in [0.15, 0.2) is 0 Å². The molecular formula is C8H16NO-. The average Bonchev–Trinajstić information content (AvgIpc) is 1.89. The van der Waals surface area contributed by atoms with E-state index in [0.29, 0.717) is 5.41 Å². The highest BCUT2D eigenvalue weighted by molar-refractivity contribution is 4.88. The minimum atomic E-state index is 0.438. The summed E-state index contributed by atoms with van der Waals surface area (Å²) in [7, 11) is 1.89. The number of hydrogen-bond acceptors (Lipinski definition) is 1. The van der Waals surface area contributed by atoms with Gasteiger partial charge in [-0.3, -0.25) is 0 Å². The Morgan fingerprint density at radius 2 is 2.00 bits per heavy atom. The Balaban J connectivity index is 2.32. The fourth-order valence-corrected chi connectivity index (χ4v) is 1.40. The number of ether oxygens (including phenoxy) is 1. The fraction of sp³-hybridized carbons (Fsp3) is 1.00. The van der Waals surface area contributed by atoms with E-state index in [0.717, 1.165) is 19.8 Å². The molecule has 0 N–H and O–H groups in total. The Labute approximate surface area is 63.0 Å². The average molecular weight is 142 g/mol. The summed E-state index contributed by atoms with van der Waals surface area (Å²) in [5, 5.41) is 4.18. The van der Waals surface area contributed by atoms with Gasteiger partial charge in [0.2, 0.25) is 0 Å². The van der Waals surface area contributed by atoms with Crippen LogP contribution in [0.4, 0.5) is 0 Å². The molecule has 0 bridgehead atoms. The van der Waals surface area contributed by atoms with Gasteiger partial charge in [-0.25, -0.2) is 0 Å². The van der Waals surface area contributed by atoms with Crippen molar-refractivity contribution in [2.24, 2.45) is 5.41 Å². The maximum absolute atomic E-state index is 5.27. The van der Waals surface area contributed by atoms with E-state index in [1.54, 1.807) is 0 Å². The van der Waals surface area contributed by atoms with Crippen LogP contribution in [0.5, 0.6) is 0 Å². The van der Waals surface area contributed by atoms with E-state index >= 15 is 0 Å². The van der Waals surface area contributed by atoms with Crippen LogP contribution in [0.25, 0.3) is 5.32 Å². The standard InChI is InChI=1S/C8H16NO/c1-8(7-9-2)3-5-10-6-4-8/h3-7H2,1-2H3/q-1. The highest BCUT2D eigenvalue weighted by Crippen LogP contribution is 2.30. The lowest BCUT2D eigenvalue weighted by atomic mass is 9.82. The van der Waals surface area contributed by atoms with Crippen LogP contribution in [0.3, 0.4) is 0 Å². The minimum Gasteiger partial charge on any atom is -0.665 e. The zero-order chi connectivity index (χ0) is 7.45. The van der Waals surface area contributed by atoms with Crippen molar-refractivity contribution < 1.29 is 4.74 Å². The zero-order valence-electron chi connectivity index (χ0n) is 6.89. The summed E-state index contributed by atoms with van der Waals surface area (Å²) in [5.74, 6) is 0. The molecule has 0 amide bonds. The zero-order valence-corrected chi connectivity index (χ0v) is 6.89. The molecule has 2 nitrogen and oxygen atoms in total. The van der Waals surface area contributed by atoms with Crippen molar-refractivity contribution in [2.45, 2.75) is 19.8 Å². The lowest BCUT2D eigenvalue weighted by Crippen LogP contribution is -2.29. The van der Waals surface area contributed by atoms with Gasteiger partial charge in [0.1, 0.15) is 0 Å². The van der Waals surface area contributed by atoms with E-state index in [2.05, 4.69) is 12.2 Å². The Morgan fingerprint density at radius 3 is 2.50 bits per heavy atom. The first kappa shape index (κ1) is 8.02. The molecule has 60 valence electrons. The normalized spacial score (nSPS) is 24.6. The van der Waals surface area contributed by atoms with Crippen molar-refractivity contribution in [3.05, 3.63) is 5.32 Å². The second-order valence-electron chi connectivity index (χ2n) is 3.40. The molecule has 0 aliphatic carbocycles. The Hall–Kier alpha value is -0.0800. The third-order valence-corrected chi connectivity index (χ3v) is 2.24. The van der Waals surface area contributed by atoms with Crippen molar-refractivity contribution in [3.8, 4) is 0 Å². The second-order valence-corrected chi connectivity index (χ2v) is 3.40. The largest absolute Gasteiger partial charge is 0.665 e. The SMILES string of the molecule is C[N-]CC1(C)CCOCC1. The summed E-state index contributed by atoms with van der Waals surface area (Å²) < 4.78 is 5.27. The van der Waals surface area contributed by atoms with E-state index in [1.165, 1.54) is 12.8 Å². The lowest BCUT2D eigenvalue weighted by molar-refractivity contribution is 0.0308. The van der Waals surface area contributed by atoms with E-state index in [4.69, 9.17) is 4.74 Å². The van der Waals surface area contributed by atoms with E-state index < -0.39 is 0 Å². The Morgan fingerprint density at radius 1 is 1.40 bits per heavy atom. The predicted molar refractivity (Wildman–Crippen MR) is 42.3 cm³/mol. The van der Waals surface area contributed by atoms with Gasteiger partial charge in [-0.15, -0.1) is 6.54 Å². The van der Waals surface area contributed by atoms with Crippen LogP contribution in [0.1, 0.15) is 19.8 Å². The molecule has 0 aromatic rings. The Kier molecular flexibility index (Phi) is 2.69. The topological polar surface area (TPSA) is 23.3 Å². The van der Waals surface area contributed by atoms with Gasteiger partial charge >= 0.3 is 0 Å². The van der Waals surface area contributed by atoms with Crippen LogP contribution in [0, 0.1) is 5.41 Å². The molecule has 0 aromatic heterocycles. The molecule has 1 aliphatic heterocycles. The molecule has 1 aliphatic rings. The monoisotopic (exact) mass is 142 g/mol. The van der Waals surface area contributed by atoms with Gasteiger partial charge in [-0.1, -0.05) is 6.92 Å². The van der Waals surface area contributed by atoms with Gasteiger partial charge in [-0.2, -0.15) is 7.05 Å². The number of hydrogen-bond donors (Lipinski definition) is 0. The maximum Gasteiger partial charge on any atom is 0.0470 e. The van der Waals surface area contributed by atoms with E-state index in [9.17, 15) is 0 Å². The first-order valence-corrected chi connectivity index (χ1v) is 3.90. The molecule has 1 fully saturated rings. The summed E-state index contributed by atoms with van der Waals surface area (Å²) >= 11 is 0. The van der Waals surface area contributed by atoms with Crippen molar-refractivity contribution in [1.82, 2.24) is 0 Å². The maximum atomic E-state index is 5.27. The second kappa shape index (κ2) is 3.35. The first-order valence-electron chi connectivity index (χ1n) is 3.90. The summed E-state index contributed by atoms with van der Waals surface area (Å²) in [6.45, 7) is 5.14. The molecule has 10 heavy (non-hydrogen) atoms. The summed E-state index contributed by atoms with van der Waals surface area (Å²) in [5.41, 5.74) is 0.438. The van der Waals surface area contributed by atoms with Crippen molar-refractivity contribution in [3.63, 3.8) is 0 Å². The predicted octanol–water partition coefficient (Wildman–Crippen LogP) is 1.81. The summed E-state index contributed by atoms with van der Waals surface area (Å²) in [4.78, 5) is 0. The van der Waals surface area contributed by atoms with Crippen LogP contribution in [-0.4, -0.2) is 26.8 Å². The van der Waals surface area contributed by atoms with Crippen LogP contribution in [0.2, 0.25) is 0 Å². The third kappa shape index (κ3) is 1.96. The lowest BCUT2D eigenvalue weighted by Gasteiger charge is -2.38. The van der Waals surface area contributed by atoms with Gasteiger partial charge in [0.25, 0.3) is 0 Å². The first-order chi connectivity index (χ1) is 4.77. The van der Waals surface area contributed by atoms with Gasteiger partial charge < -0.3 is 10.1 Å². The summed E-state index contributed by atoms with van der Waals surface area (Å²) in [6, 6.07) is 0. The smallest absolute Gasteiger partial charge is 0.0470 e. The number of nitrogens with zero attached hydrogens (tertiary/aromatic N) is 1. The molecule has 1 rings (SSSR count). The molecule has 0 saturated carbocycles. The molecule has 0 spiro atoms. The minimum absolute atomic E-state index is 0.438. The molecule has 2 heteroatoms. The molecule has 0 aromatic carbocycles. The fourth-order valence-electron chi connectivity index (χ4n) is 1.40. The van der Waals surface area contributed by atoms with Crippen molar-refractivity contribution in [1.29, 1.82) is 0 Å². The van der Waals surface area contributed by atoms with Gasteiger partial charge in [0.05, 0.1) is 0 Å². The van der Waals surface area contributed by atoms with E-state index in [-0.39, 0.29) is 0 Å².